The molecule has 1 N–H and O–H groups in total. The largest absolute Gasteiger partial charge is 0.490 e. The highest BCUT2D eigenvalue weighted by molar-refractivity contribution is 9.10. The Hall–Kier alpha value is -3.27. The summed E-state index contributed by atoms with van der Waals surface area (Å²) in [4.78, 5) is 12.6. The highest BCUT2D eigenvalue weighted by Crippen LogP contribution is 2.38. The lowest BCUT2D eigenvalue weighted by molar-refractivity contribution is -0.112. The van der Waals surface area contributed by atoms with Crippen molar-refractivity contribution in [3.8, 4) is 17.6 Å². The number of nitrogens with zero attached hydrogens (tertiary/aromatic N) is 1. The third-order valence-electron chi connectivity index (χ3n) is 5.06. The molecule has 3 aromatic carbocycles. The fourth-order valence-electron chi connectivity index (χ4n) is 3.17. The number of aryl methyl sites for hydroxylation is 2. The van der Waals surface area contributed by atoms with Crippen molar-refractivity contribution < 1.29 is 14.3 Å². The summed E-state index contributed by atoms with van der Waals surface area (Å²) in [6.45, 7) is 6.83. The van der Waals surface area contributed by atoms with Crippen LogP contribution >= 0.6 is 27.5 Å². The highest BCUT2D eigenvalue weighted by atomic mass is 79.9. The van der Waals surface area contributed by atoms with Gasteiger partial charge in [-0.15, -0.1) is 0 Å². The van der Waals surface area contributed by atoms with E-state index in [1.807, 2.05) is 19.1 Å². The van der Waals surface area contributed by atoms with Crippen LogP contribution in [-0.4, -0.2) is 12.5 Å². The smallest absolute Gasteiger partial charge is 0.266 e. The summed E-state index contributed by atoms with van der Waals surface area (Å²) in [7, 11) is 0. The monoisotopic (exact) mass is 538 g/mol. The second kappa shape index (κ2) is 11.7. The number of benzene rings is 3. The Morgan fingerprint density at radius 1 is 1.09 bits per heavy atom. The molecule has 0 saturated carbocycles. The number of ether oxygens (including phenoxy) is 2. The number of nitrogens with one attached hydrogen (secondary N) is 1. The zero-order valence-electron chi connectivity index (χ0n) is 19.1. The molecule has 0 atom stereocenters. The predicted molar refractivity (Wildman–Crippen MR) is 139 cm³/mol. The number of hydrogen-bond acceptors (Lipinski definition) is 4. The Labute approximate surface area is 213 Å². The van der Waals surface area contributed by atoms with E-state index >= 15 is 0 Å². The third kappa shape index (κ3) is 6.63. The Morgan fingerprint density at radius 3 is 2.47 bits per heavy atom. The van der Waals surface area contributed by atoms with Gasteiger partial charge in [-0.2, -0.15) is 5.26 Å². The summed E-state index contributed by atoms with van der Waals surface area (Å²) < 4.78 is 12.5. The number of halogens is 2. The lowest BCUT2D eigenvalue weighted by atomic mass is 10.1. The van der Waals surface area contributed by atoms with Gasteiger partial charge in [-0.25, -0.2) is 0 Å². The standard InChI is InChI=1S/C27H24BrClN2O3/c1-4-33-25-14-20(12-21(15-30)27(32)31-23-9-7-22(29)8-10-23)13-24(28)26(25)34-16-19-6-5-17(2)18(3)11-19/h5-14H,4,16H2,1-3H3,(H,31,32)/b21-12+. The first-order chi connectivity index (χ1) is 16.3. The highest BCUT2D eigenvalue weighted by Gasteiger charge is 2.15. The van der Waals surface area contributed by atoms with Crippen molar-refractivity contribution in [3.63, 3.8) is 0 Å². The van der Waals surface area contributed by atoms with Crippen molar-refractivity contribution in [2.45, 2.75) is 27.4 Å². The van der Waals surface area contributed by atoms with E-state index in [0.29, 0.717) is 45.5 Å². The van der Waals surface area contributed by atoms with Crippen molar-refractivity contribution in [2.24, 2.45) is 0 Å². The molecule has 0 radical (unpaired) electrons. The van der Waals surface area contributed by atoms with E-state index in [2.05, 4.69) is 47.2 Å². The lowest BCUT2D eigenvalue weighted by Crippen LogP contribution is -2.13. The van der Waals surface area contributed by atoms with E-state index in [9.17, 15) is 10.1 Å². The van der Waals surface area contributed by atoms with Crippen molar-refractivity contribution in [2.75, 3.05) is 11.9 Å². The molecule has 0 spiro atoms. The molecular weight excluding hydrogens is 516 g/mol. The number of amides is 1. The van der Waals surface area contributed by atoms with Gasteiger partial charge in [-0.05, 0) is 101 Å². The van der Waals surface area contributed by atoms with Crippen molar-refractivity contribution in [3.05, 3.63) is 91.9 Å². The van der Waals surface area contributed by atoms with Crippen LogP contribution in [-0.2, 0) is 11.4 Å². The molecule has 0 saturated heterocycles. The van der Waals surface area contributed by atoms with Gasteiger partial charge in [-0.3, -0.25) is 4.79 Å². The van der Waals surface area contributed by atoms with E-state index in [1.165, 1.54) is 17.2 Å². The summed E-state index contributed by atoms with van der Waals surface area (Å²) >= 11 is 9.43. The van der Waals surface area contributed by atoms with Gasteiger partial charge in [0, 0.05) is 10.7 Å². The molecule has 0 aromatic heterocycles. The molecule has 174 valence electrons. The lowest BCUT2D eigenvalue weighted by Gasteiger charge is -2.15. The molecule has 3 rings (SSSR count). The number of carbonyl (C=O) groups excluding carboxylic acids is 1. The van der Waals surface area contributed by atoms with Gasteiger partial charge in [0.25, 0.3) is 5.91 Å². The molecule has 0 aliphatic carbocycles. The molecule has 1 amide bonds. The second-order valence-corrected chi connectivity index (χ2v) is 8.89. The minimum atomic E-state index is -0.519. The summed E-state index contributed by atoms with van der Waals surface area (Å²) in [5.41, 5.74) is 4.59. The maximum atomic E-state index is 12.6. The molecule has 0 aliphatic heterocycles. The van der Waals surface area contributed by atoms with Gasteiger partial charge in [0.15, 0.2) is 11.5 Å². The summed E-state index contributed by atoms with van der Waals surface area (Å²) in [5, 5.41) is 12.8. The minimum absolute atomic E-state index is 0.0481. The number of nitriles is 1. The van der Waals surface area contributed by atoms with Crippen LogP contribution in [0.3, 0.4) is 0 Å². The first-order valence-electron chi connectivity index (χ1n) is 10.6. The number of carbonyl (C=O) groups is 1. The predicted octanol–water partition coefficient (Wildman–Crippen LogP) is 7.24. The van der Waals surface area contributed by atoms with E-state index in [4.69, 9.17) is 21.1 Å². The van der Waals surface area contributed by atoms with Crippen molar-refractivity contribution in [1.29, 1.82) is 5.26 Å². The number of anilines is 1. The van der Waals surface area contributed by atoms with Gasteiger partial charge in [-0.1, -0.05) is 29.8 Å². The van der Waals surface area contributed by atoms with E-state index < -0.39 is 5.91 Å². The zero-order chi connectivity index (χ0) is 24.7. The van der Waals surface area contributed by atoms with Crippen LogP contribution in [0, 0.1) is 25.2 Å². The van der Waals surface area contributed by atoms with Crippen molar-refractivity contribution in [1.82, 2.24) is 0 Å². The number of hydrogen-bond donors (Lipinski definition) is 1. The zero-order valence-corrected chi connectivity index (χ0v) is 21.5. The SMILES string of the molecule is CCOc1cc(/C=C(\C#N)C(=O)Nc2ccc(Cl)cc2)cc(Br)c1OCc1ccc(C)c(C)c1. The van der Waals surface area contributed by atoms with Crippen molar-refractivity contribution >= 4 is 45.2 Å². The fraction of sp³-hybridized carbons (Fsp3) is 0.185. The third-order valence-corrected chi connectivity index (χ3v) is 5.91. The molecule has 34 heavy (non-hydrogen) atoms. The maximum absolute atomic E-state index is 12.6. The molecule has 0 aliphatic rings. The van der Waals surface area contributed by atoms with Crippen LogP contribution in [0.5, 0.6) is 11.5 Å². The summed E-state index contributed by atoms with van der Waals surface area (Å²) in [5.74, 6) is 0.553. The first kappa shape index (κ1) is 25.4. The van der Waals surface area contributed by atoms with Gasteiger partial charge in [0.05, 0.1) is 11.1 Å². The molecular formula is C27H24BrClN2O3. The van der Waals surface area contributed by atoms with Gasteiger partial charge < -0.3 is 14.8 Å². The van der Waals surface area contributed by atoms with Crippen LogP contribution in [0.4, 0.5) is 5.69 Å². The van der Waals surface area contributed by atoms with Gasteiger partial charge >= 0.3 is 0 Å². The van der Waals surface area contributed by atoms with E-state index in [0.717, 1.165) is 5.56 Å². The van der Waals surface area contributed by atoms with Crippen LogP contribution in [0.25, 0.3) is 6.08 Å². The average Bonchev–Trinajstić information content (AvgIpc) is 2.80. The molecule has 0 bridgehead atoms. The van der Waals surface area contributed by atoms with Crippen LogP contribution in [0.1, 0.15) is 29.2 Å². The molecule has 0 fully saturated rings. The van der Waals surface area contributed by atoms with E-state index in [-0.39, 0.29) is 5.57 Å². The Balaban J connectivity index is 1.84. The fourth-order valence-corrected chi connectivity index (χ4v) is 3.87. The quantitative estimate of drug-likeness (QED) is 0.242. The van der Waals surface area contributed by atoms with Gasteiger partial charge in [0.1, 0.15) is 18.2 Å². The molecule has 5 nitrogen and oxygen atoms in total. The normalized spacial score (nSPS) is 11.0. The second-order valence-electron chi connectivity index (χ2n) is 7.60. The summed E-state index contributed by atoms with van der Waals surface area (Å²) in [6, 6.07) is 18.3. The first-order valence-corrected chi connectivity index (χ1v) is 11.8. The average molecular weight is 540 g/mol. The molecule has 3 aromatic rings. The Bertz CT molecular complexity index is 1260. The topological polar surface area (TPSA) is 71.3 Å². The molecule has 0 heterocycles. The molecule has 7 heteroatoms. The van der Waals surface area contributed by atoms with E-state index in [1.54, 1.807) is 36.4 Å². The van der Waals surface area contributed by atoms with Crippen LogP contribution < -0.4 is 14.8 Å². The minimum Gasteiger partial charge on any atom is -0.490 e. The Morgan fingerprint density at radius 2 is 1.82 bits per heavy atom. The maximum Gasteiger partial charge on any atom is 0.266 e. The number of rotatable bonds is 8. The molecule has 0 unspecified atom stereocenters. The van der Waals surface area contributed by atoms with Crippen LogP contribution in [0.2, 0.25) is 5.02 Å². The van der Waals surface area contributed by atoms with Crippen LogP contribution in [0.15, 0.2) is 64.6 Å². The van der Waals surface area contributed by atoms with Gasteiger partial charge in [0.2, 0.25) is 0 Å². The Kier molecular flexibility index (Phi) is 8.75. The summed E-state index contributed by atoms with van der Waals surface area (Å²) in [6.07, 6.45) is 1.51.